The molecule has 6 heteroatoms. The summed E-state index contributed by atoms with van der Waals surface area (Å²) >= 11 is 1.64. The van der Waals surface area contributed by atoms with E-state index >= 15 is 0 Å². The van der Waals surface area contributed by atoms with Gasteiger partial charge >= 0.3 is 0 Å². The maximum atomic E-state index is 12.8. The van der Waals surface area contributed by atoms with E-state index in [0.29, 0.717) is 17.5 Å². The first-order chi connectivity index (χ1) is 14.0. The highest BCUT2D eigenvalue weighted by Crippen LogP contribution is 2.47. The number of rotatable bonds is 5. The molecule has 2 heterocycles. The molecule has 1 aromatic rings. The lowest BCUT2D eigenvalue weighted by Crippen LogP contribution is -2.36. The Kier molecular flexibility index (Phi) is 5.09. The van der Waals surface area contributed by atoms with Crippen molar-refractivity contribution >= 4 is 28.6 Å². The number of ketones is 1. The quantitative estimate of drug-likeness (QED) is 0.701. The van der Waals surface area contributed by atoms with E-state index in [1.807, 2.05) is 0 Å². The third kappa shape index (κ3) is 3.80. The number of carbonyl (C=O) groups excluding carboxylic acids is 2. The second-order valence-corrected chi connectivity index (χ2v) is 11.3. The van der Waals surface area contributed by atoms with Crippen LogP contribution in [-0.4, -0.2) is 27.6 Å². The van der Waals surface area contributed by atoms with E-state index in [4.69, 9.17) is 9.41 Å². The largest absolute Gasteiger partial charge is 0.472 e. The van der Waals surface area contributed by atoms with Crippen molar-refractivity contribution in [1.82, 2.24) is 5.32 Å². The molecule has 1 saturated heterocycles. The zero-order chi connectivity index (χ0) is 20.0. The molecule has 5 rings (SSSR count). The van der Waals surface area contributed by atoms with Crippen molar-refractivity contribution in [2.24, 2.45) is 28.7 Å². The van der Waals surface area contributed by atoms with Crippen LogP contribution in [0.1, 0.15) is 75.1 Å². The second-order valence-electron chi connectivity index (χ2n) is 9.76. The third-order valence-corrected chi connectivity index (χ3v) is 8.91. The molecule has 3 saturated carbocycles. The van der Waals surface area contributed by atoms with Gasteiger partial charge < -0.3 is 9.73 Å². The average molecular weight is 415 g/mol. The van der Waals surface area contributed by atoms with Gasteiger partial charge in [0.2, 0.25) is 5.91 Å². The minimum absolute atomic E-state index is 0.0941. The van der Waals surface area contributed by atoms with Gasteiger partial charge in [-0.3, -0.25) is 14.6 Å². The summed E-state index contributed by atoms with van der Waals surface area (Å²) in [6.07, 6.45) is 13.0. The van der Waals surface area contributed by atoms with Crippen molar-refractivity contribution in [3.63, 3.8) is 0 Å². The highest BCUT2D eigenvalue weighted by atomic mass is 32.2. The lowest BCUT2D eigenvalue weighted by atomic mass is 9.76. The van der Waals surface area contributed by atoms with E-state index in [2.05, 4.69) is 12.2 Å². The Morgan fingerprint density at radius 2 is 2.07 bits per heavy atom. The van der Waals surface area contributed by atoms with Crippen molar-refractivity contribution in [2.45, 2.75) is 75.5 Å². The van der Waals surface area contributed by atoms with Crippen molar-refractivity contribution in [1.29, 1.82) is 0 Å². The number of fused-ring (bicyclic) bond motifs is 2. The van der Waals surface area contributed by atoms with Gasteiger partial charge in [-0.1, -0.05) is 18.2 Å². The van der Waals surface area contributed by atoms with Crippen LogP contribution < -0.4 is 5.32 Å². The van der Waals surface area contributed by atoms with Crippen LogP contribution in [0.4, 0.5) is 0 Å². The monoisotopic (exact) mass is 414 g/mol. The Morgan fingerprint density at radius 3 is 2.72 bits per heavy atom. The predicted octanol–water partition coefficient (Wildman–Crippen LogP) is 4.83. The normalized spacial score (nSPS) is 40.5. The number of hydrogen-bond acceptors (Lipinski definition) is 5. The van der Waals surface area contributed by atoms with Crippen LogP contribution >= 0.6 is 11.8 Å². The fourth-order valence-corrected chi connectivity index (χ4v) is 7.27. The third-order valence-electron chi connectivity index (χ3n) is 7.71. The number of carbonyl (C=O) groups is 2. The molecule has 0 radical (unpaired) electrons. The molecule has 5 nitrogen and oxygen atoms in total. The summed E-state index contributed by atoms with van der Waals surface area (Å²) in [5.74, 6) is 2.51. The van der Waals surface area contributed by atoms with Gasteiger partial charge in [0, 0.05) is 5.92 Å². The maximum absolute atomic E-state index is 12.8. The lowest BCUT2D eigenvalue weighted by Gasteiger charge is -2.31. The van der Waals surface area contributed by atoms with E-state index in [0.717, 1.165) is 49.1 Å². The van der Waals surface area contributed by atoms with Crippen LogP contribution in [0.3, 0.4) is 0 Å². The van der Waals surface area contributed by atoms with Crippen LogP contribution in [-0.2, 0) is 4.79 Å². The van der Waals surface area contributed by atoms with Crippen LogP contribution in [0.2, 0.25) is 0 Å². The number of aliphatic imine (C=N–C) groups is 1. The van der Waals surface area contributed by atoms with Gasteiger partial charge in [-0.05, 0) is 82.1 Å². The summed E-state index contributed by atoms with van der Waals surface area (Å²) in [4.78, 5) is 30.3. The van der Waals surface area contributed by atoms with E-state index < -0.39 is 4.75 Å². The highest BCUT2D eigenvalue weighted by Gasteiger charge is 2.46. The van der Waals surface area contributed by atoms with Crippen LogP contribution in [0.25, 0.3) is 0 Å². The molecule has 29 heavy (non-hydrogen) atoms. The number of nitrogens with one attached hydrogen (secondary N) is 1. The predicted molar refractivity (Wildman–Crippen MR) is 114 cm³/mol. The number of amides is 1. The number of amidine groups is 1. The zero-order valence-corrected chi connectivity index (χ0v) is 17.9. The van der Waals surface area contributed by atoms with Crippen LogP contribution in [0.5, 0.6) is 0 Å². The van der Waals surface area contributed by atoms with Gasteiger partial charge in [-0.2, -0.15) is 0 Å². The second kappa shape index (κ2) is 7.60. The zero-order valence-electron chi connectivity index (χ0n) is 17.1. The standard InChI is InChI=1S/C23H30N2O3S/c1-23(12-14-2-5-16(6-3-14)20(26)18-8-9-28-13-18)21(27)25-22(29-23)24-19-11-15-4-7-17(19)10-15/h8-9,13-17,19H,2-7,10-12H2,1H3,(H,24,25,27)/t14?,15-,16?,17+,19+,23?/m1/s1. The Morgan fingerprint density at radius 1 is 1.24 bits per heavy atom. The van der Waals surface area contributed by atoms with Gasteiger partial charge in [0.25, 0.3) is 0 Å². The van der Waals surface area contributed by atoms with Crippen molar-refractivity contribution < 1.29 is 14.0 Å². The maximum Gasteiger partial charge on any atom is 0.242 e. The van der Waals surface area contributed by atoms with E-state index in [1.165, 1.54) is 25.7 Å². The summed E-state index contributed by atoms with van der Waals surface area (Å²) in [5, 5.41) is 3.92. The van der Waals surface area contributed by atoms with Gasteiger partial charge in [0.1, 0.15) is 6.26 Å². The molecule has 0 spiro atoms. The fourth-order valence-electron chi connectivity index (χ4n) is 6.05. The number of thioether (sulfide) groups is 1. The molecule has 156 valence electrons. The van der Waals surface area contributed by atoms with E-state index in [-0.39, 0.29) is 17.6 Å². The summed E-state index contributed by atoms with van der Waals surface area (Å²) in [5.41, 5.74) is 0.688. The van der Waals surface area contributed by atoms with Crippen molar-refractivity contribution in [2.75, 3.05) is 0 Å². The summed E-state index contributed by atoms with van der Waals surface area (Å²) < 4.78 is 4.63. The minimum atomic E-state index is -0.428. The number of furan rings is 1. The molecule has 1 aliphatic heterocycles. The van der Waals surface area contributed by atoms with Gasteiger partial charge in [0.15, 0.2) is 11.0 Å². The first-order valence-corrected chi connectivity index (χ1v) is 12.0. The van der Waals surface area contributed by atoms with Gasteiger partial charge in [-0.25, -0.2) is 0 Å². The number of Topliss-reactive ketones (excluding diaryl/α,β-unsaturated/α-hetero) is 1. The van der Waals surface area contributed by atoms with Crippen molar-refractivity contribution in [3.05, 3.63) is 24.2 Å². The molecular formula is C23H30N2O3S. The SMILES string of the molecule is CC1(CC2CCC(C(=O)c3ccoc3)CC2)SC(=N[C@H]2C[C@@H]3CC[C@H]2C3)NC1=O. The first kappa shape index (κ1) is 19.4. The topological polar surface area (TPSA) is 71.7 Å². The molecule has 1 aromatic heterocycles. The van der Waals surface area contributed by atoms with E-state index in [9.17, 15) is 9.59 Å². The molecule has 1 amide bonds. The van der Waals surface area contributed by atoms with E-state index in [1.54, 1.807) is 30.4 Å². The molecule has 1 unspecified atom stereocenters. The highest BCUT2D eigenvalue weighted by molar-refractivity contribution is 8.16. The molecule has 4 atom stereocenters. The Labute approximate surface area is 176 Å². The molecule has 4 fully saturated rings. The Hall–Kier alpha value is -1.56. The summed E-state index contributed by atoms with van der Waals surface area (Å²) in [6, 6.07) is 2.18. The summed E-state index contributed by atoms with van der Waals surface area (Å²) in [7, 11) is 0. The Balaban J connectivity index is 1.16. The smallest absolute Gasteiger partial charge is 0.242 e. The minimum Gasteiger partial charge on any atom is -0.472 e. The van der Waals surface area contributed by atoms with Crippen LogP contribution in [0, 0.1) is 23.7 Å². The Bertz CT molecular complexity index is 812. The van der Waals surface area contributed by atoms with Gasteiger partial charge in [0.05, 0.1) is 22.6 Å². The number of hydrogen-bond donors (Lipinski definition) is 1. The fraction of sp³-hybridized carbons (Fsp3) is 0.696. The molecular weight excluding hydrogens is 384 g/mol. The summed E-state index contributed by atoms with van der Waals surface area (Å²) in [6.45, 7) is 2.07. The number of nitrogens with zero attached hydrogens (tertiary/aromatic N) is 1. The average Bonchev–Trinajstić information content (AvgIpc) is 3.48. The lowest BCUT2D eigenvalue weighted by molar-refractivity contribution is -0.121. The van der Waals surface area contributed by atoms with Crippen molar-refractivity contribution in [3.8, 4) is 0 Å². The molecule has 4 aliphatic rings. The molecule has 3 aliphatic carbocycles. The molecule has 0 aromatic carbocycles. The van der Waals surface area contributed by atoms with Gasteiger partial charge in [-0.15, -0.1) is 0 Å². The molecule has 1 N–H and O–H groups in total. The molecule has 2 bridgehead atoms. The van der Waals surface area contributed by atoms with Crippen LogP contribution in [0.15, 0.2) is 28.0 Å². The first-order valence-electron chi connectivity index (χ1n) is 11.1.